The van der Waals surface area contributed by atoms with Gasteiger partial charge in [0.1, 0.15) is 0 Å². The van der Waals surface area contributed by atoms with Gasteiger partial charge in [0.25, 0.3) is 0 Å². The Hall–Kier alpha value is -0.260. The summed E-state index contributed by atoms with van der Waals surface area (Å²) in [5, 5.41) is 0. The maximum atomic E-state index is 2.32. The molecule has 0 saturated heterocycles. The van der Waals surface area contributed by atoms with Crippen LogP contribution in [-0.2, 0) is 0 Å². The monoisotopic (exact) mass is 122 g/mol. The lowest BCUT2D eigenvalue weighted by atomic mass is 9.77. The lowest BCUT2D eigenvalue weighted by Crippen LogP contribution is -2.18. The Morgan fingerprint density at radius 2 is 1.78 bits per heavy atom. The van der Waals surface area contributed by atoms with Gasteiger partial charge < -0.3 is 0 Å². The smallest absolute Gasteiger partial charge is 0.0289 e. The van der Waals surface area contributed by atoms with Crippen molar-refractivity contribution in [1.29, 1.82) is 0 Å². The van der Waals surface area contributed by atoms with Crippen molar-refractivity contribution in [2.75, 3.05) is 0 Å². The highest BCUT2D eigenvalue weighted by atomic mass is 14.4. The minimum atomic E-state index is 1.11. The van der Waals surface area contributed by atoms with Gasteiger partial charge in [0, 0.05) is 0 Å². The molecule has 0 aromatic carbocycles. The van der Waals surface area contributed by atoms with Crippen LogP contribution in [0.2, 0.25) is 0 Å². The van der Waals surface area contributed by atoms with E-state index in [1.54, 1.807) is 5.57 Å². The van der Waals surface area contributed by atoms with Crippen LogP contribution in [0.4, 0.5) is 0 Å². The molecule has 0 aromatic heterocycles. The predicted molar refractivity (Wildman–Crippen MR) is 39.2 cm³/mol. The average Bonchev–Trinajstić information content (AvgIpc) is 2.10. The first-order valence-corrected chi connectivity index (χ1v) is 4.04. The van der Waals surface area contributed by atoms with Crippen molar-refractivity contribution in [1.82, 2.24) is 0 Å². The van der Waals surface area contributed by atoms with E-state index in [1.165, 1.54) is 25.7 Å². The second-order valence-corrected chi connectivity index (χ2v) is 3.45. The van der Waals surface area contributed by atoms with Gasteiger partial charge in [-0.15, -0.1) is 0 Å². The van der Waals surface area contributed by atoms with Crippen LogP contribution < -0.4 is 0 Å². The highest BCUT2D eigenvalue weighted by Crippen LogP contribution is 2.48. The molecule has 0 N–H and O–H groups in total. The zero-order valence-electron chi connectivity index (χ0n) is 6.06. The summed E-state index contributed by atoms with van der Waals surface area (Å²) in [6, 6.07) is 0. The van der Waals surface area contributed by atoms with Crippen LogP contribution in [0.15, 0.2) is 11.6 Å². The Kier molecular flexibility index (Phi) is 1.14. The van der Waals surface area contributed by atoms with Crippen LogP contribution in [-0.4, -0.2) is 0 Å². The summed E-state index contributed by atoms with van der Waals surface area (Å²) >= 11 is 0. The zero-order valence-corrected chi connectivity index (χ0v) is 6.06. The summed E-state index contributed by atoms with van der Waals surface area (Å²) < 4.78 is 0. The molecule has 0 heterocycles. The molecule has 0 amide bonds. The van der Waals surface area contributed by atoms with Gasteiger partial charge in [-0.05, 0) is 44.4 Å². The molecule has 2 aliphatic carbocycles. The van der Waals surface area contributed by atoms with Crippen molar-refractivity contribution >= 4 is 0 Å². The average molecular weight is 122 g/mol. The maximum absolute atomic E-state index is 2.32. The summed E-state index contributed by atoms with van der Waals surface area (Å²) in [7, 11) is 0. The van der Waals surface area contributed by atoms with Gasteiger partial charge in [-0.1, -0.05) is 11.6 Å². The van der Waals surface area contributed by atoms with Crippen LogP contribution in [0.5, 0.6) is 0 Å². The van der Waals surface area contributed by atoms with Gasteiger partial charge in [-0.2, -0.15) is 0 Å². The molecule has 0 heteroatoms. The molecule has 2 unspecified atom stereocenters. The molecule has 0 nitrogen and oxygen atoms in total. The summed E-state index contributed by atoms with van der Waals surface area (Å²) in [6.07, 6.45) is 8.21. The quantitative estimate of drug-likeness (QED) is 0.433. The third kappa shape index (κ3) is 0.726. The second kappa shape index (κ2) is 1.86. The van der Waals surface area contributed by atoms with E-state index in [-0.39, 0.29) is 0 Å². The molecular weight excluding hydrogens is 108 g/mol. The summed E-state index contributed by atoms with van der Waals surface area (Å²) in [4.78, 5) is 0. The van der Waals surface area contributed by atoms with Crippen LogP contribution in [0.25, 0.3) is 0 Å². The highest BCUT2D eigenvalue weighted by Gasteiger charge is 2.36. The fourth-order valence-electron chi connectivity index (χ4n) is 2.17. The number of hydrogen-bond acceptors (Lipinski definition) is 0. The molecule has 2 saturated carbocycles. The Morgan fingerprint density at radius 1 is 1.22 bits per heavy atom. The first kappa shape index (κ1) is 5.52. The highest BCUT2D eigenvalue weighted by molar-refractivity contribution is 5.12. The van der Waals surface area contributed by atoms with E-state index in [0.717, 1.165) is 11.8 Å². The van der Waals surface area contributed by atoms with Gasteiger partial charge in [0.2, 0.25) is 0 Å². The van der Waals surface area contributed by atoms with E-state index in [2.05, 4.69) is 13.0 Å². The van der Waals surface area contributed by atoms with Crippen LogP contribution in [0.1, 0.15) is 32.6 Å². The Bertz CT molecular complexity index is 130. The standard InChI is InChI=1S/C9H14/c1-2-7-5-8-3-4-9(8)6-7/h2,8-9H,3-6H2,1H3. The van der Waals surface area contributed by atoms with E-state index in [0.29, 0.717) is 0 Å². The van der Waals surface area contributed by atoms with Crippen LogP contribution in [0.3, 0.4) is 0 Å². The van der Waals surface area contributed by atoms with Crippen molar-refractivity contribution in [3.05, 3.63) is 11.6 Å². The molecule has 2 rings (SSSR count). The van der Waals surface area contributed by atoms with Crippen LogP contribution in [0, 0.1) is 11.8 Å². The molecular formula is C9H14. The lowest BCUT2D eigenvalue weighted by molar-refractivity contribution is 0.219. The second-order valence-electron chi connectivity index (χ2n) is 3.45. The molecule has 0 bridgehead atoms. The molecule has 0 aliphatic heterocycles. The van der Waals surface area contributed by atoms with Gasteiger partial charge in [-0.25, -0.2) is 0 Å². The summed E-state index contributed by atoms with van der Waals surface area (Å²) in [6.45, 7) is 2.18. The van der Waals surface area contributed by atoms with Gasteiger partial charge in [0.05, 0.1) is 0 Å². The molecule has 9 heavy (non-hydrogen) atoms. The minimum absolute atomic E-state index is 1.11. The fourth-order valence-corrected chi connectivity index (χ4v) is 2.17. The predicted octanol–water partition coefficient (Wildman–Crippen LogP) is 2.75. The SMILES string of the molecule is CC=C1CC2CCC2C1. The summed E-state index contributed by atoms with van der Waals surface area (Å²) in [5.41, 5.74) is 1.72. The summed E-state index contributed by atoms with van der Waals surface area (Å²) in [5.74, 6) is 2.22. The van der Waals surface area contributed by atoms with E-state index in [4.69, 9.17) is 0 Å². The van der Waals surface area contributed by atoms with Crippen molar-refractivity contribution in [3.8, 4) is 0 Å². The van der Waals surface area contributed by atoms with Crippen LogP contribution >= 0.6 is 0 Å². The molecule has 2 aliphatic rings. The van der Waals surface area contributed by atoms with Gasteiger partial charge >= 0.3 is 0 Å². The van der Waals surface area contributed by atoms with Crippen molar-refractivity contribution in [3.63, 3.8) is 0 Å². The Labute approximate surface area is 57.0 Å². The van der Waals surface area contributed by atoms with Crippen molar-refractivity contribution in [2.45, 2.75) is 32.6 Å². The molecule has 50 valence electrons. The van der Waals surface area contributed by atoms with E-state index in [1.807, 2.05) is 0 Å². The van der Waals surface area contributed by atoms with Gasteiger partial charge in [0.15, 0.2) is 0 Å². The van der Waals surface area contributed by atoms with Gasteiger partial charge in [-0.3, -0.25) is 0 Å². The number of fused-ring (bicyclic) bond motifs is 1. The van der Waals surface area contributed by atoms with E-state index < -0.39 is 0 Å². The fraction of sp³-hybridized carbons (Fsp3) is 0.778. The third-order valence-electron chi connectivity index (χ3n) is 3.03. The zero-order chi connectivity index (χ0) is 6.27. The lowest BCUT2D eigenvalue weighted by Gasteiger charge is -2.28. The number of allylic oxidation sites excluding steroid dienone is 2. The minimum Gasteiger partial charge on any atom is -0.0884 e. The molecule has 0 radical (unpaired) electrons. The normalized spacial score (nSPS) is 39.9. The molecule has 2 fully saturated rings. The first-order valence-electron chi connectivity index (χ1n) is 4.04. The number of hydrogen-bond donors (Lipinski definition) is 0. The third-order valence-corrected chi connectivity index (χ3v) is 3.03. The maximum Gasteiger partial charge on any atom is -0.0289 e. The topological polar surface area (TPSA) is 0 Å². The van der Waals surface area contributed by atoms with Crippen molar-refractivity contribution < 1.29 is 0 Å². The largest absolute Gasteiger partial charge is 0.0884 e. The van der Waals surface area contributed by atoms with E-state index in [9.17, 15) is 0 Å². The molecule has 2 atom stereocenters. The molecule has 0 aromatic rings. The Balaban J connectivity index is 2.07. The first-order chi connectivity index (χ1) is 4.40. The Morgan fingerprint density at radius 3 is 2.11 bits per heavy atom. The molecule has 0 spiro atoms. The van der Waals surface area contributed by atoms with Crippen molar-refractivity contribution in [2.24, 2.45) is 11.8 Å². The number of rotatable bonds is 0. The van der Waals surface area contributed by atoms with E-state index >= 15 is 0 Å².